The largest absolute Gasteiger partial charge is 0.494 e. The van der Waals surface area contributed by atoms with Crippen LogP contribution in [0.15, 0.2) is 36.5 Å². The van der Waals surface area contributed by atoms with Crippen molar-refractivity contribution in [1.82, 2.24) is 14.9 Å². The fourth-order valence-electron chi connectivity index (χ4n) is 3.65. The van der Waals surface area contributed by atoms with E-state index >= 15 is 0 Å². The number of carbonyl (C=O) groups excluding carboxylic acids is 2. The van der Waals surface area contributed by atoms with Gasteiger partial charge in [0.15, 0.2) is 17.4 Å². The molecule has 0 saturated heterocycles. The van der Waals surface area contributed by atoms with Gasteiger partial charge in [0.1, 0.15) is 0 Å². The number of amides is 2. The molecule has 0 aliphatic heterocycles. The molecule has 2 aromatic carbocycles. The minimum atomic E-state index is -1.12. The number of carbonyl (C=O) groups is 2. The second-order valence-corrected chi connectivity index (χ2v) is 7.81. The summed E-state index contributed by atoms with van der Waals surface area (Å²) in [6.07, 6.45) is 1.85. The molecule has 4 N–H and O–H groups in total. The monoisotopic (exact) mass is 501 g/mol. The van der Waals surface area contributed by atoms with Gasteiger partial charge >= 0.3 is 0 Å². The number of methoxy groups -OCH3 is 1. The first-order chi connectivity index (χ1) is 17.3. The van der Waals surface area contributed by atoms with Crippen LogP contribution in [0.25, 0.3) is 11.3 Å². The van der Waals surface area contributed by atoms with Crippen molar-refractivity contribution in [2.45, 2.75) is 13.3 Å². The van der Waals surface area contributed by atoms with Gasteiger partial charge in [0.2, 0.25) is 5.82 Å². The summed E-state index contributed by atoms with van der Waals surface area (Å²) in [5.74, 6) is -3.24. The van der Waals surface area contributed by atoms with Crippen molar-refractivity contribution < 1.29 is 27.8 Å². The fourth-order valence-corrected chi connectivity index (χ4v) is 3.65. The molecule has 0 saturated carbocycles. The van der Waals surface area contributed by atoms with E-state index in [2.05, 4.69) is 15.6 Å². The lowest BCUT2D eigenvalue weighted by Gasteiger charge is -2.12. The topological polar surface area (TPSA) is 120 Å². The Bertz CT molecular complexity index is 1250. The SMILES string of the molecule is CCc1cc(NC(=O)c2ncc(-c3ccc(OC)c(F)c3F)n2C)ccc1C(=O)NCCOCCN. The third kappa shape index (κ3) is 5.86. The highest BCUT2D eigenvalue weighted by Crippen LogP contribution is 2.30. The molecule has 0 bridgehead atoms. The van der Waals surface area contributed by atoms with Gasteiger partial charge < -0.3 is 30.4 Å². The zero-order chi connectivity index (χ0) is 26.2. The molecule has 3 aromatic rings. The predicted molar refractivity (Wildman–Crippen MR) is 131 cm³/mol. The number of rotatable bonds is 11. The standard InChI is InChI=1S/C25H29F2N5O4/c1-4-15-13-16(5-6-17(15)24(33)29-10-12-36-11-9-28)31-25(34)23-30-14-19(32(23)2)18-7-8-20(35-3)22(27)21(18)26/h5-8,13-14H,4,9-12,28H2,1-3H3,(H,29,33)(H,31,34). The molecular weight excluding hydrogens is 472 g/mol. The Morgan fingerprint density at radius 3 is 2.58 bits per heavy atom. The zero-order valence-electron chi connectivity index (χ0n) is 20.4. The van der Waals surface area contributed by atoms with Crippen molar-refractivity contribution in [2.24, 2.45) is 12.8 Å². The molecule has 0 aliphatic rings. The van der Waals surface area contributed by atoms with Gasteiger partial charge in [-0.1, -0.05) is 6.92 Å². The summed E-state index contributed by atoms with van der Waals surface area (Å²) in [4.78, 5) is 29.5. The smallest absolute Gasteiger partial charge is 0.291 e. The van der Waals surface area contributed by atoms with E-state index in [9.17, 15) is 18.4 Å². The lowest BCUT2D eigenvalue weighted by Crippen LogP contribution is -2.28. The molecule has 0 unspecified atom stereocenters. The Labute approximate surface area is 207 Å². The Hall–Kier alpha value is -3.83. The number of hydrogen-bond acceptors (Lipinski definition) is 6. The molecule has 1 heterocycles. The predicted octanol–water partition coefficient (Wildman–Crippen LogP) is 2.89. The molecule has 0 aliphatic carbocycles. The zero-order valence-corrected chi connectivity index (χ0v) is 20.4. The van der Waals surface area contributed by atoms with E-state index < -0.39 is 17.5 Å². The van der Waals surface area contributed by atoms with Gasteiger partial charge in [0.05, 0.1) is 32.2 Å². The quantitative estimate of drug-likeness (QED) is 0.348. The Morgan fingerprint density at radius 1 is 1.11 bits per heavy atom. The number of hydrogen-bond donors (Lipinski definition) is 3. The average molecular weight is 502 g/mol. The second kappa shape index (κ2) is 12.2. The number of benzene rings is 2. The number of nitrogens with one attached hydrogen (secondary N) is 2. The summed E-state index contributed by atoms with van der Waals surface area (Å²) < 4.78 is 40.1. The molecule has 0 fully saturated rings. The van der Waals surface area contributed by atoms with Gasteiger partial charge in [-0.2, -0.15) is 4.39 Å². The molecule has 2 amide bonds. The first-order valence-corrected chi connectivity index (χ1v) is 11.4. The highest BCUT2D eigenvalue weighted by Gasteiger charge is 2.21. The number of ether oxygens (including phenoxy) is 2. The molecular formula is C25H29F2N5O4. The van der Waals surface area contributed by atoms with Gasteiger partial charge in [-0.15, -0.1) is 0 Å². The van der Waals surface area contributed by atoms with Crippen molar-refractivity contribution in [2.75, 3.05) is 38.7 Å². The lowest BCUT2D eigenvalue weighted by atomic mass is 10.0. The number of nitrogens with zero attached hydrogens (tertiary/aromatic N) is 2. The third-order valence-corrected chi connectivity index (χ3v) is 5.52. The maximum Gasteiger partial charge on any atom is 0.291 e. The molecule has 0 spiro atoms. The summed E-state index contributed by atoms with van der Waals surface area (Å²) in [7, 11) is 2.77. The van der Waals surface area contributed by atoms with Gasteiger partial charge in [-0.3, -0.25) is 9.59 Å². The minimum absolute atomic E-state index is 0.00188. The van der Waals surface area contributed by atoms with Crippen LogP contribution in [-0.4, -0.2) is 54.8 Å². The Morgan fingerprint density at radius 2 is 1.89 bits per heavy atom. The number of anilines is 1. The van der Waals surface area contributed by atoms with Crippen LogP contribution in [0, 0.1) is 11.6 Å². The van der Waals surface area contributed by atoms with Crippen molar-refractivity contribution in [3.05, 3.63) is 65.1 Å². The fraction of sp³-hybridized carbons (Fsp3) is 0.320. The summed E-state index contributed by atoms with van der Waals surface area (Å²) in [5.41, 5.74) is 7.22. The molecule has 0 radical (unpaired) electrons. The lowest BCUT2D eigenvalue weighted by molar-refractivity contribution is 0.0918. The van der Waals surface area contributed by atoms with E-state index in [1.165, 1.54) is 37.1 Å². The minimum Gasteiger partial charge on any atom is -0.494 e. The highest BCUT2D eigenvalue weighted by molar-refractivity contribution is 6.03. The molecule has 3 rings (SSSR count). The van der Waals surface area contributed by atoms with Crippen LogP contribution in [-0.2, 0) is 18.2 Å². The van der Waals surface area contributed by atoms with Crippen LogP contribution in [0.4, 0.5) is 14.5 Å². The molecule has 0 atom stereocenters. The van der Waals surface area contributed by atoms with Crippen molar-refractivity contribution in [1.29, 1.82) is 0 Å². The van der Waals surface area contributed by atoms with Crippen molar-refractivity contribution >= 4 is 17.5 Å². The Balaban J connectivity index is 1.74. The van der Waals surface area contributed by atoms with Crippen molar-refractivity contribution in [3.63, 3.8) is 0 Å². The van der Waals surface area contributed by atoms with Crippen LogP contribution in [0.3, 0.4) is 0 Å². The third-order valence-electron chi connectivity index (χ3n) is 5.52. The first kappa shape index (κ1) is 26.8. The van der Waals surface area contributed by atoms with Crippen LogP contribution in [0.1, 0.15) is 33.5 Å². The molecule has 11 heteroatoms. The van der Waals surface area contributed by atoms with E-state index in [4.69, 9.17) is 15.2 Å². The van der Waals surface area contributed by atoms with Gasteiger partial charge in [-0.05, 0) is 42.3 Å². The summed E-state index contributed by atoms with van der Waals surface area (Å²) in [6, 6.07) is 7.61. The summed E-state index contributed by atoms with van der Waals surface area (Å²) in [5, 5.41) is 5.53. The number of imidazole rings is 1. The van der Waals surface area contributed by atoms with E-state index in [-0.39, 0.29) is 28.7 Å². The van der Waals surface area contributed by atoms with Gasteiger partial charge in [0, 0.05) is 37.0 Å². The number of halogens is 2. The molecule has 192 valence electrons. The van der Waals surface area contributed by atoms with Crippen LogP contribution >= 0.6 is 0 Å². The van der Waals surface area contributed by atoms with E-state index in [0.29, 0.717) is 44.0 Å². The summed E-state index contributed by atoms with van der Waals surface area (Å²) >= 11 is 0. The van der Waals surface area contributed by atoms with Crippen LogP contribution in [0.2, 0.25) is 0 Å². The molecule has 9 nitrogen and oxygen atoms in total. The van der Waals surface area contributed by atoms with Gasteiger partial charge in [-0.25, -0.2) is 9.37 Å². The van der Waals surface area contributed by atoms with Crippen molar-refractivity contribution in [3.8, 4) is 17.0 Å². The summed E-state index contributed by atoms with van der Waals surface area (Å²) in [6.45, 7) is 3.44. The number of aromatic nitrogens is 2. The number of aryl methyl sites for hydroxylation is 1. The van der Waals surface area contributed by atoms with Crippen LogP contribution < -0.4 is 21.1 Å². The van der Waals surface area contributed by atoms with E-state index in [0.717, 1.165) is 5.56 Å². The van der Waals surface area contributed by atoms with Gasteiger partial charge in [0.25, 0.3) is 11.8 Å². The van der Waals surface area contributed by atoms with Crippen LogP contribution in [0.5, 0.6) is 5.75 Å². The molecule has 1 aromatic heterocycles. The Kier molecular flexibility index (Phi) is 9.09. The second-order valence-electron chi connectivity index (χ2n) is 7.81. The first-order valence-electron chi connectivity index (χ1n) is 11.4. The average Bonchev–Trinajstić information content (AvgIpc) is 3.26. The highest BCUT2D eigenvalue weighted by atomic mass is 19.2. The molecule has 36 heavy (non-hydrogen) atoms. The van der Waals surface area contributed by atoms with E-state index in [1.54, 1.807) is 18.2 Å². The maximum atomic E-state index is 14.5. The maximum absolute atomic E-state index is 14.5. The number of nitrogens with two attached hydrogens (primary N) is 1. The van der Waals surface area contributed by atoms with E-state index in [1.807, 2.05) is 6.92 Å². The normalized spacial score (nSPS) is 10.8.